The predicted octanol–water partition coefficient (Wildman–Crippen LogP) is 3.21. The maximum absolute atomic E-state index is 5.86. The molecule has 0 atom stereocenters. The highest BCUT2D eigenvalue weighted by Crippen LogP contribution is 2.22. The van der Waals surface area contributed by atoms with Gasteiger partial charge in [0.25, 0.3) is 0 Å². The Morgan fingerprint density at radius 3 is 2.55 bits per heavy atom. The lowest BCUT2D eigenvalue weighted by molar-refractivity contribution is 1.34. The van der Waals surface area contributed by atoms with Crippen molar-refractivity contribution in [1.29, 1.82) is 0 Å². The number of nitrogens with two attached hydrogens (primary N) is 3. The molecule has 2 rings (SSSR count). The molecule has 0 radical (unpaired) electrons. The second kappa shape index (κ2) is 6.21. The third-order valence-corrected chi connectivity index (χ3v) is 3.17. The summed E-state index contributed by atoms with van der Waals surface area (Å²) in [7, 11) is 0. The number of nitrogen functional groups attached to an aromatic ring is 3. The number of benzene rings is 2. The second-order valence-electron chi connectivity index (χ2n) is 4.41. The predicted molar refractivity (Wildman–Crippen MR) is 88.7 cm³/mol. The molecular formula is C15H17ClN4. The fourth-order valence-corrected chi connectivity index (χ4v) is 1.87. The summed E-state index contributed by atoms with van der Waals surface area (Å²) in [5.74, 6) is 0. The van der Waals surface area contributed by atoms with Crippen LogP contribution in [-0.2, 0) is 0 Å². The quantitative estimate of drug-likeness (QED) is 0.650. The van der Waals surface area contributed by atoms with Gasteiger partial charge >= 0.3 is 0 Å². The summed E-state index contributed by atoms with van der Waals surface area (Å²) in [5.41, 5.74) is 21.1. The van der Waals surface area contributed by atoms with Crippen LogP contribution in [0.1, 0.15) is 5.56 Å². The summed E-state index contributed by atoms with van der Waals surface area (Å²) >= 11 is 5.86. The molecule has 2 aromatic rings. The Labute approximate surface area is 123 Å². The molecule has 20 heavy (non-hydrogen) atoms. The van der Waals surface area contributed by atoms with Crippen molar-refractivity contribution in [1.82, 2.24) is 0 Å². The Kier molecular flexibility index (Phi) is 4.38. The topological polar surface area (TPSA) is 90.1 Å². The maximum Gasteiger partial charge on any atom is 0.0636 e. The lowest BCUT2D eigenvalue weighted by Gasteiger charge is -2.06. The molecule has 0 aromatic heterocycles. The Balaban J connectivity index is 1.96. The van der Waals surface area contributed by atoms with Gasteiger partial charge in [-0.15, -0.1) is 0 Å². The molecule has 0 saturated carbocycles. The lowest BCUT2D eigenvalue weighted by atomic mass is 10.1. The highest BCUT2D eigenvalue weighted by atomic mass is 35.5. The van der Waals surface area contributed by atoms with Crippen LogP contribution in [0, 0.1) is 0 Å². The number of anilines is 4. The number of nitrogens with one attached hydrogen (secondary N) is 1. The second-order valence-corrected chi connectivity index (χ2v) is 4.82. The van der Waals surface area contributed by atoms with E-state index >= 15 is 0 Å². The first kappa shape index (κ1) is 14.1. The van der Waals surface area contributed by atoms with E-state index in [0.29, 0.717) is 28.6 Å². The van der Waals surface area contributed by atoms with Gasteiger partial charge in [-0.2, -0.15) is 0 Å². The van der Waals surface area contributed by atoms with E-state index in [1.807, 2.05) is 24.3 Å². The van der Waals surface area contributed by atoms with Gasteiger partial charge in [-0.3, -0.25) is 0 Å². The van der Waals surface area contributed by atoms with Crippen LogP contribution in [0.15, 0.2) is 42.5 Å². The van der Waals surface area contributed by atoms with Crippen molar-refractivity contribution in [3.8, 4) is 0 Å². The summed E-state index contributed by atoms with van der Waals surface area (Å²) < 4.78 is 0. The van der Waals surface area contributed by atoms with E-state index in [1.54, 1.807) is 24.3 Å². The fraction of sp³-hybridized carbons (Fsp3) is 0.0667. The van der Waals surface area contributed by atoms with Gasteiger partial charge in [-0.05, 0) is 42.0 Å². The van der Waals surface area contributed by atoms with Gasteiger partial charge < -0.3 is 22.5 Å². The number of hydrogen-bond acceptors (Lipinski definition) is 4. The van der Waals surface area contributed by atoms with E-state index in [4.69, 9.17) is 28.8 Å². The highest BCUT2D eigenvalue weighted by molar-refractivity contribution is 6.33. The van der Waals surface area contributed by atoms with Gasteiger partial charge in [0.05, 0.1) is 10.7 Å². The molecule has 0 bridgehead atoms. The van der Waals surface area contributed by atoms with Crippen LogP contribution in [0.4, 0.5) is 22.7 Å². The van der Waals surface area contributed by atoms with Gasteiger partial charge in [0, 0.05) is 23.6 Å². The monoisotopic (exact) mass is 288 g/mol. The fourth-order valence-electron chi connectivity index (χ4n) is 1.75. The van der Waals surface area contributed by atoms with Crippen LogP contribution in [0.5, 0.6) is 0 Å². The normalized spacial score (nSPS) is 10.8. The van der Waals surface area contributed by atoms with Crippen LogP contribution >= 0.6 is 11.6 Å². The Hall–Kier alpha value is -2.33. The third-order valence-electron chi connectivity index (χ3n) is 2.83. The molecule has 0 spiro atoms. The van der Waals surface area contributed by atoms with E-state index in [0.717, 1.165) is 11.3 Å². The zero-order chi connectivity index (χ0) is 14.5. The van der Waals surface area contributed by atoms with Crippen LogP contribution in [0.25, 0.3) is 6.08 Å². The molecule has 4 nitrogen and oxygen atoms in total. The Morgan fingerprint density at radius 1 is 1.00 bits per heavy atom. The van der Waals surface area contributed by atoms with Gasteiger partial charge in [-0.25, -0.2) is 0 Å². The van der Waals surface area contributed by atoms with Crippen molar-refractivity contribution in [3.05, 3.63) is 53.1 Å². The van der Waals surface area contributed by atoms with Crippen LogP contribution in [0.2, 0.25) is 5.02 Å². The third kappa shape index (κ3) is 3.59. The molecule has 0 aliphatic carbocycles. The Morgan fingerprint density at radius 2 is 1.80 bits per heavy atom. The molecule has 7 N–H and O–H groups in total. The standard InChI is InChI=1S/C15H17ClN4/c16-13-5-4-12(9-15(13)19)20-7-1-2-10-8-11(17)3-6-14(10)18/h1-6,8-9,20H,7,17-19H2/b2-1+. The largest absolute Gasteiger partial charge is 0.399 e. The van der Waals surface area contributed by atoms with E-state index in [-0.39, 0.29) is 0 Å². The first-order chi connectivity index (χ1) is 9.56. The average Bonchev–Trinajstić information content (AvgIpc) is 2.42. The number of hydrogen-bond donors (Lipinski definition) is 4. The molecule has 2 aromatic carbocycles. The minimum atomic E-state index is 0.554. The molecule has 0 aliphatic heterocycles. The Bertz CT molecular complexity index is 638. The highest BCUT2D eigenvalue weighted by Gasteiger charge is 1.97. The smallest absolute Gasteiger partial charge is 0.0636 e. The zero-order valence-corrected chi connectivity index (χ0v) is 11.7. The summed E-state index contributed by atoms with van der Waals surface area (Å²) in [6, 6.07) is 10.8. The van der Waals surface area contributed by atoms with Crippen molar-refractivity contribution < 1.29 is 0 Å². The molecular weight excluding hydrogens is 272 g/mol. The lowest BCUT2D eigenvalue weighted by Crippen LogP contribution is -1.99. The number of halogens is 1. The van der Waals surface area contributed by atoms with Crippen molar-refractivity contribution in [2.45, 2.75) is 0 Å². The van der Waals surface area contributed by atoms with Crippen molar-refractivity contribution >= 4 is 40.4 Å². The van der Waals surface area contributed by atoms with Crippen LogP contribution in [-0.4, -0.2) is 6.54 Å². The minimum absolute atomic E-state index is 0.554. The minimum Gasteiger partial charge on any atom is -0.399 e. The summed E-state index contributed by atoms with van der Waals surface area (Å²) in [5, 5.41) is 3.77. The van der Waals surface area contributed by atoms with Gasteiger partial charge in [0.15, 0.2) is 0 Å². The van der Waals surface area contributed by atoms with E-state index < -0.39 is 0 Å². The maximum atomic E-state index is 5.86. The molecule has 0 amide bonds. The SMILES string of the molecule is Nc1ccc(N)c(/C=C/CNc2ccc(Cl)c(N)c2)c1. The molecule has 0 unspecified atom stereocenters. The van der Waals surface area contributed by atoms with Crippen molar-refractivity contribution in [3.63, 3.8) is 0 Å². The summed E-state index contributed by atoms with van der Waals surface area (Å²) in [6.45, 7) is 0.648. The molecule has 0 fully saturated rings. The van der Waals surface area contributed by atoms with Gasteiger partial charge in [0.1, 0.15) is 0 Å². The molecule has 0 saturated heterocycles. The number of rotatable bonds is 4. The molecule has 0 aliphatic rings. The van der Waals surface area contributed by atoms with E-state index in [1.165, 1.54) is 0 Å². The average molecular weight is 289 g/mol. The van der Waals surface area contributed by atoms with Crippen LogP contribution in [0.3, 0.4) is 0 Å². The summed E-state index contributed by atoms with van der Waals surface area (Å²) in [4.78, 5) is 0. The molecule has 5 heteroatoms. The van der Waals surface area contributed by atoms with E-state index in [2.05, 4.69) is 5.32 Å². The van der Waals surface area contributed by atoms with Crippen LogP contribution < -0.4 is 22.5 Å². The van der Waals surface area contributed by atoms with Gasteiger partial charge in [0.2, 0.25) is 0 Å². The molecule has 0 heterocycles. The van der Waals surface area contributed by atoms with Crippen molar-refractivity contribution in [2.75, 3.05) is 29.1 Å². The first-order valence-corrected chi connectivity index (χ1v) is 6.54. The zero-order valence-electron chi connectivity index (χ0n) is 10.9. The first-order valence-electron chi connectivity index (χ1n) is 6.16. The van der Waals surface area contributed by atoms with Crippen molar-refractivity contribution in [2.24, 2.45) is 0 Å². The summed E-state index contributed by atoms with van der Waals surface area (Å²) in [6.07, 6.45) is 3.90. The van der Waals surface area contributed by atoms with Gasteiger partial charge in [-0.1, -0.05) is 23.8 Å². The molecule has 104 valence electrons. The van der Waals surface area contributed by atoms with E-state index in [9.17, 15) is 0 Å².